The van der Waals surface area contributed by atoms with Gasteiger partial charge in [0.15, 0.2) is 0 Å². The van der Waals surface area contributed by atoms with Crippen LogP contribution in [0, 0.1) is 0 Å². The van der Waals surface area contributed by atoms with Crippen LogP contribution in [0.15, 0.2) is 24.3 Å². The molecule has 1 aliphatic heterocycles. The number of hydrogen-bond acceptors (Lipinski definition) is 3. The molecule has 0 aliphatic carbocycles. The summed E-state index contributed by atoms with van der Waals surface area (Å²) in [6.07, 6.45) is 1.21. The number of para-hydroxylation sites is 1. The minimum atomic E-state index is 0.600. The van der Waals surface area contributed by atoms with Gasteiger partial charge < -0.3 is 15.4 Å². The van der Waals surface area contributed by atoms with Gasteiger partial charge in [0.2, 0.25) is 0 Å². The second-order valence-corrected chi connectivity index (χ2v) is 4.32. The number of hydrogen-bond donors (Lipinski definition) is 1. The topological polar surface area (TPSA) is 38.5 Å². The van der Waals surface area contributed by atoms with Gasteiger partial charge in [0, 0.05) is 25.6 Å². The van der Waals surface area contributed by atoms with Crippen molar-refractivity contribution in [3.8, 4) is 5.75 Å². The number of ether oxygens (including phenoxy) is 1. The smallest absolute Gasteiger partial charge is 0.122 e. The van der Waals surface area contributed by atoms with Crippen molar-refractivity contribution >= 4 is 0 Å². The van der Waals surface area contributed by atoms with Gasteiger partial charge in [-0.2, -0.15) is 0 Å². The third-order valence-electron chi connectivity index (χ3n) is 3.30. The van der Waals surface area contributed by atoms with Crippen LogP contribution >= 0.6 is 0 Å². The van der Waals surface area contributed by atoms with Gasteiger partial charge in [0.05, 0.1) is 7.11 Å². The predicted molar refractivity (Wildman–Crippen MR) is 65.8 cm³/mol. The van der Waals surface area contributed by atoms with Crippen molar-refractivity contribution in [3.05, 3.63) is 29.8 Å². The van der Waals surface area contributed by atoms with E-state index in [0.717, 1.165) is 31.9 Å². The zero-order chi connectivity index (χ0) is 11.4. The quantitative estimate of drug-likeness (QED) is 0.834. The number of likely N-dealkylation sites (tertiary alicyclic amines) is 1. The Morgan fingerprint density at radius 3 is 3.00 bits per heavy atom. The van der Waals surface area contributed by atoms with Crippen LogP contribution in [0.2, 0.25) is 0 Å². The van der Waals surface area contributed by atoms with Crippen LogP contribution < -0.4 is 10.5 Å². The summed E-state index contributed by atoms with van der Waals surface area (Å²) in [5.41, 5.74) is 6.92. The molecule has 2 rings (SSSR count). The lowest BCUT2D eigenvalue weighted by atomic mass is 9.97. The van der Waals surface area contributed by atoms with Crippen LogP contribution in [0.25, 0.3) is 0 Å². The van der Waals surface area contributed by atoms with Crippen molar-refractivity contribution in [2.45, 2.75) is 12.3 Å². The Morgan fingerprint density at radius 1 is 1.44 bits per heavy atom. The van der Waals surface area contributed by atoms with Crippen molar-refractivity contribution in [3.63, 3.8) is 0 Å². The number of nitrogens with zero attached hydrogens (tertiary/aromatic N) is 1. The molecule has 1 aliphatic rings. The highest BCUT2D eigenvalue weighted by atomic mass is 16.5. The van der Waals surface area contributed by atoms with Gasteiger partial charge in [-0.3, -0.25) is 0 Å². The van der Waals surface area contributed by atoms with Gasteiger partial charge >= 0.3 is 0 Å². The normalized spacial score (nSPS) is 21.2. The maximum absolute atomic E-state index is 5.58. The minimum Gasteiger partial charge on any atom is -0.496 e. The van der Waals surface area contributed by atoms with Crippen LogP contribution in [-0.2, 0) is 0 Å². The van der Waals surface area contributed by atoms with Crippen LogP contribution in [0.3, 0.4) is 0 Å². The highest BCUT2D eigenvalue weighted by Gasteiger charge is 2.25. The van der Waals surface area contributed by atoms with E-state index in [1.165, 1.54) is 12.0 Å². The molecule has 0 bridgehead atoms. The molecule has 2 N–H and O–H groups in total. The van der Waals surface area contributed by atoms with E-state index in [-0.39, 0.29) is 0 Å². The highest BCUT2D eigenvalue weighted by molar-refractivity contribution is 5.36. The summed E-state index contributed by atoms with van der Waals surface area (Å²) < 4.78 is 5.41. The van der Waals surface area contributed by atoms with Crippen molar-refractivity contribution in [2.75, 3.05) is 33.3 Å². The molecule has 0 aromatic heterocycles. The summed E-state index contributed by atoms with van der Waals surface area (Å²) in [7, 11) is 1.74. The van der Waals surface area contributed by atoms with Crippen molar-refractivity contribution in [1.29, 1.82) is 0 Å². The fraction of sp³-hybridized carbons (Fsp3) is 0.538. The summed E-state index contributed by atoms with van der Waals surface area (Å²) in [5, 5.41) is 0. The number of rotatable bonds is 4. The molecule has 0 spiro atoms. The number of methoxy groups -OCH3 is 1. The summed E-state index contributed by atoms with van der Waals surface area (Å²) in [6.45, 7) is 4.02. The number of benzene rings is 1. The minimum absolute atomic E-state index is 0.600. The molecule has 0 radical (unpaired) electrons. The summed E-state index contributed by atoms with van der Waals surface area (Å²) in [4.78, 5) is 2.43. The Bertz CT molecular complexity index is 340. The molecule has 1 saturated heterocycles. The first kappa shape index (κ1) is 11.4. The van der Waals surface area contributed by atoms with E-state index in [4.69, 9.17) is 10.5 Å². The van der Waals surface area contributed by atoms with Gasteiger partial charge in [-0.15, -0.1) is 0 Å². The summed E-state index contributed by atoms with van der Waals surface area (Å²) >= 11 is 0. The number of nitrogens with two attached hydrogens (primary N) is 1. The molecule has 1 atom stereocenters. The first-order valence-corrected chi connectivity index (χ1v) is 5.90. The highest BCUT2D eigenvalue weighted by Crippen LogP contribution is 2.32. The molecule has 16 heavy (non-hydrogen) atoms. The van der Waals surface area contributed by atoms with Gasteiger partial charge in [-0.25, -0.2) is 0 Å². The van der Waals surface area contributed by atoms with Gasteiger partial charge in [0.1, 0.15) is 5.75 Å². The first-order valence-electron chi connectivity index (χ1n) is 5.90. The van der Waals surface area contributed by atoms with E-state index in [0.29, 0.717) is 5.92 Å². The van der Waals surface area contributed by atoms with Crippen LogP contribution in [-0.4, -0.2) is 38.2 Å². The van der Waals surface area contributed by atoms with Crippen molar-refractivity contribution < 1.29 is 4.74 Å². The summed E-state index contributed by atoms with van der Waals surface area (Å²) in [6, 6.07) is 8.33. The lowest BCUT2D eigenvalue weighted by molar-refractivity contribution is 0.342. The third-order valence-corrected chi connectivity index (χ3v) is 3.30. The summed E-state index contributed by atoms with van der Waals surface area (Å²) in [5.74, 6) is 1.62. The molecule has 1 aromatic rings. The van der Waals surface area contributed by atoms with Crippen LogP contribution in [0.4, 0.5) is 0 Å². The Balaban J connectivity index is 2.08. The predicted octanol–water partition coefficient (Wildman–Crippen LogP) is 1.44. The standard InChI is InChI=1S/C13H20N2O/c1-16-13-5-3-2-4-12(13)11-6-8-15(10-11)9-7-14/h2-5,11H,6-10,14H2,1H3/t11-/m0/s1. The van der Waals surface area contributed by atoms with E-state index in [1.54, 1.807) is 7.11 Å². The average molecular weight is 220 g/mol. The van der Waals surface area contributed by atoms with E-state index in [9.17, 15) is 0 Å². The molecular formula is C13H20N2O. The second-order valence-electron chi connectivity index (χ2n) is 4.32. The fourth-order valence-corrected chi connectivity index (χ4v) is 2.48. The fourth-order valence-electron chi connectivity index (χ4n) is 2.48. The monoisotopic (exact) mass is 220 g/mol. The molecule has 3 nitrogen and oxygen atoms in total. The molecule has 3 heteroatoms. The van der Waals surface area contributed by atoms with Gasteiger partial charge in [0.25, 0.3) is 0 Å². The zero-order valence-electron chi connectivity index (χ0n) is 9.86. The van der Waals surface area contributed by atoms with E-state index < -0.39 is 0 Å². The maximum atomic E-state index is 5.58. The SMILES string of the molecule is COc1ccccc1[C@H]1CCN(CCN)C1. The largest absolute Gasteiger partial charge is 0.496 e. The molecule has 1 aromatic carbocycles. The molecule has 1 fully saturated rings. The van der Waals surface area contributed by atoms with Gasteiger partial charge in [-0.1, -0.05) is 18.2 Å². The Kier molecular flexibility index (Phi) is 3.80. The molecule has 0 unspecified atom stereocenters. The average Bonchev–Trinajstić information content (AvgIpc) is 2.78. The Morgan fingerprint density at radius 2 is 2.25 bits per heavy atom. The molecule has 0 saturated carbocycles. The lowest BCUT2D eigenvalue weighted by Crippen LogP contribution is -2.27. The molecular weight excluding hydrogens is 200 g/mol. The molecule has 88 valence electrons. The maximum Gasteiger partial charge on any atom is 0.122 e. The third kappa shape index (κ3) is 2.36. The first-order chi connectivity index (χ1) is 7.85. The zero-order valence-corrected chi connectivity index (χ0v) is 9.86. The Hall–Kier alpha value is -1.06. The second kappa shape index (κ2) is 5.32. The molecule has 1 heterocycles. The van der Waals surface area contributed by atoms with E-state index in [1.807, 2.05) is 12.1 Å². The van der Waals surface area contributed by atoms with E-state index in [2.05, 4.69) is 17.0 Å². The van der Waals surface area contributed by atoms with E-state index >= 15 is 0 Å². The van der Waals surface area contributed by atoms with Crippen molar-refractivity contribution in [2.24, 2.45) is 5.73 Å². The van der Waals surface area contributed by atoms with Gasteiger partial charge in [-0.05, 0) is 24.6 Å². The van der Waals surface area contributed by atoms with Crippen LogP contribution in [0.1, 0.15) is 17.9 Å². The Labute approximate surface area is 97.2 Å². The van der Waals surface area contributed by atoms with Crippen molar-refractivity contribution in [1.82, 2.24) is 4.90 Å². The van der Waals surface area contributed by atoms with Crippen LogP contribution in [0.5, 0.6) is 5.75 Å². The lowest BCUT2D eigenvalue weighted by Gasteiger charge is -2.16. The molecule has 0 amide bonds.